The summed E-state index contributed by atoms with van der Waals surface area (Å²) < 4.78 is 5.50. The Morgan fingerprint density at radius 1 is 0.310 bits per heavy atom. The second-order valence-corrected chi connectivity index (χ2v) is 28.1. The summed E-state index contributed by atoms with van der Waals surface area (Å²) in [5, 5.41) is 23.3. The van der Waals surface area contributed by atoms with E-state index in [4.69, 9.17) is 4.74 Å². The molecule has 0 saturated heterocycles. The first-order chi connectivity index (χ1) is 43.0. The quantitative estimate of drug-likeness (QED) is 0.0320. The minimum absolute atomic E-state index is 0.0259. The lowest BCUT2D eigenvalue weighted by Gasteiger charge is -2.20. The Kier molecular flexibility index (Phi) is 75.8. The predicted octanol–water partition coefficient (Wildman–Crippen LogP) is 26.7. The van der Waals surface area contributed by atoms with Gasteiger partial charge in [-0.3, -0.25) is 9.59 Å². The molecule has 0 aromatic rings. The molecular formula is C81H159NO5. The molecule has 2 atom stereocenters. The molecular weight excluding hydrogens is 1070 g/mol. The molecule has 0 heterocycles. The largest absolute Gasteiger partial charge is 0.466 e. The van der Waals surface area contributed by atoms with Crippen molar-refractivity contribution in [1.82, 2.24) is 5.32 Å². The molecule has 3 N–H and O–H groups in total. The zero-order valence-electron chi connectivity index (χ0n) is 59.5. The van der Waals surface area contributed by atoms with E-state index in [9.17, 15) is 19.8 Å². The van der Waals surface area contributed by atoms with Crippen LogP contribution in [0, 0.1) is 0 Å². The van der Waals surface area contributed by atoms with E-state index < -0.39 is 12.1 Å². The topological polar surface area (TPSA) is 95.9 Å². The fraction of sp³-hybridized carbons (Fsp3) is 0.951. The van der Waals surface area contributed by atoms with Gasteiger partial charge in [0, 0.05) is 12.8 Å². The highest BCUT2D eigenvalue weighted by Crippen LogP contribution is 2.20. The van der Waals surface area contributed by atoms with Crippen molar-refractivity contribution in [3.63, 3.8) is 0 Å². The summed E-state index contributed by atoms with van der Waals surface area (Å²) >= 11 is 0. The Morgan fingerprint density at radius 3 is 0.782 bits per heavy atom. The Balaban J connectivity index is 3.32. The average Bonchev–Trinajstić information content (AvgIpc) is 3.53. The van der Waals surface area contributed by atoms with Gasteiger partial charge in [-0.25, -0.2) is 0 Å². The van der Waals surface area contributed by atoms with Crippen LogP contribution in [0.25, 0.3) is 0 Å². The highest BCUT2D eigenvalue weighted by atomic mass is 16.5. The fourth-order valence-electron chi connectivity index (χ4n) is 13.2. The summed E-state index contributed by atoms with van der Waals surface area (Å²) in [5.74, 6) is -0.0315. The van der Waals surface area contributed by atoms with E-state index in [-0.39, 0.29) is 18.5 Å². The van der Waals surface area contributed by atoms with Crippen LogP contribution in [-0.4, -0.2) is 47.4 Å². The summed E-state index contributed by atoms with van der Waals surface area (Å²) in [6, 6.07) is -0.624. The number of hydrogen-bond acceptors (Lipinski definition) is 5. The number of carbonyl (C=O) groups excluding carboxylic acids is 2. The summed E-state index contributed by atoms with van der Waals surface area (Å²) in [6.45, 7) is 4.97. The Hall–Kier alpha value is -1.40. The minimum atomic E-state index is -0.841. The minimum Gasteiger partial charge on any atom is -0.466 e. The monoisotopic (exact) mass is 1230 g/mol. The van der Waals surface area contributed by atoms with Gasteiger partial charge in [0.15, 0.2) is 0 Å². The van der Waals surface area contributed by atoms with Gasteiger partial charge in [-0.1, -0.05) is 437 Å². The highest BCUT2D eigenvalue weighted by molar-refractivity contribution is 5.76. The first-order valence-corrected chi connectivity index (χ1v) is 40.5. The van der Waals surface area contributed by atoms with Crippen LogP contribution in [0.2, 0.25) is 0 Å². The standard InChI is InChI=1S/C81H159NO5/c1-3-5-7-9-11-13-15-17-19-20-21-37-40-43-46-49-53-57-61-65-69-73-79(84)78(77-83)82-80(85)74-70-66-62-58-54-50-47-44-41-38-35-33-31-29-27-25-23-22-24-26-28-30-32-34-36-39-42-45-48-52-56-60-64-68-72-76-87-81(86)75-71-67-63-59-55-51-18-16-14-12-10-8-6-4-2/h69,73,78-79,83-84H,3-68,70-72,74-77H2,1-2H3,(H,82,85)/b73-69+. The number of nitrogens with one attached hydrogen (secondary N) is 1. The van der Waals surface area contributed by atoms with Crippen molar-refractivity contribution in [3.05, 3.63) is 12.2 Å². The maximum Gasteiger partial charge on any atom is 0.305 e. The molecule has 0 aromatic carbocycles. The zero-order valence-corrected chi connectivity index (χ0v) is 59.5. The van der Waals surface area contributed by atoms with E-state index >= 15 is 0 Å². The second kappa shape index (κ2) is 77.1. The molecule has 0 radical (unpaired) electrons. The van der Waals surface area contributed by atoms with E-state index in [2.05, 4.69) is 19.2 Å². The molecule has 0 aromatic heterocycles. The molecule has 0 spiro atoms. The van der Waals surface area contributed by atoms with Gasteiger partial charge in [0.1, 0.15) is 0 Å². The van der Waals surface area contributed by atoms with Crippen LogP contribution in [0.3, 0.4) is 0 Å². The molecule has 0 aliphatic carbocycles. The number of allylic oxidation sites excluding steroid dienone is 1. The van der Waals surface area contributed by atoms with Gasteiger partial charge in [0.25, 0.3) is 0 Å². The van der Waals surface area contributed by atoms with Gasteiger partial charge in [-0.2, -0.15) is 0 Å². The summed E-state index contributed by atoms with van der Waals surface area (Å²) in [5.41, 5.74) is 0. The lowest BCUT2D eigenvalue weighted by atomic mass is 10.0. The maximum absolute atomic E-state index is 12.5. The molecule has 0 saturated carbocycles. The SMILES string of the molecule is CCCCCCCCCCCCCCCCCCCCC/C=C/C(O)C(CO)NC(=O)CCCCCCCCCCCCCCCCCCCCCCCCCCCCCCCCCCCCCOC(=O)CCCCCCCCCCCCCCCC. The van der Waals surface area contributed by atoms with Crippen LogP contribution in [0.5, 0.6) is 0 Å². The van der Waals surface area contributed by atoms with Crippen molar-refractivity contribution in [2.75, 3.05) is 13.2 Å². The van der Waals surface area contributed by atoms with Crippen LogP contribution in [0.1, 0.15) is 470 Å². The van der Waals surface area contributed by atoms with Gasteiger partial charge in [0.2, 0.25) is 5.91 Å². The van der Waals surface area contributed by atoms with E-state index in [0.717, 1.165) is 38.5 Å². The third-order valence-corrected chi connectivity index (χ3v) is 19.3. The fourth-order valence-corrected chi connectivity index (χ4v) is 13.2. The lowest BCUT2D eigenvalue weighted by molar-refractivity contribution is -0.143. The molecule has 6 heteroatoms. The summed E-state index contributed by atoms with van der Waals surface area (Å²) in [4.78, 5) is 24.6. The van der Waals surface area contributed by atoms with Crippen LogP contribution < -0.4 is 5.32 Å². The van der Waals surface area contributed by atoms with Crippen molar-refractivity contribution in [2.45, 2.75) is 482 Å². The van der Waals surface area contributed by atoms with Gasteiger partial charge in [0.05, 0.1) is 25.4 Å². The number of ether oxygens (including phenoxy) is 1. The molecule has 2 unspecified atom stereocenters. The van der Waals surface area contributed by atoms with E-state index in [1.807, 2.05) is 6.08 Å². The molecule has 0 fully saturated rings. The van der Waals surface area contributed by atoms with Crippen LogP contribution in [-0.2, 0) is 14.3 Å². The molecule has 0 aliphatic rings. The third-order valence-electron chi connectivity index (χ3n) is 19.3. The summed E-state index contributed by atoms with van der Waals surface area (Å²) in [7, 11) is 0. The second-order valence-electron chi connectivity index (χ2n) is 28.1. The third kappa shape index (κ3) is 73.5. The number of amides is 1. The first kappa shape index (κ1) is 85.6. The number of aliphatic hydroxyl groups excluding tert-OH is 2. The Labute approximate surface area is 546 Å². The first-order valence-electron chi connectivity index (χ1n) is 40.5. The van der Waals surface area contributed by atoms with Crippen molar-refractivity contribution in [1.29, 1.82) is 0 Å². The van der Waals surface area contributed by atoms with Crippen LogP contribution in [0.4, 0.5) is 0 Å². The summed E-state index contributed by atoms with van der Waals surface area (Å²) in [6.07, 6.45) is 97.8. The highest BCUT2D eigenvalue weighted by Gasteiger charge is 2.18. The normalized spacial score (nSPS) is 12.5. The van der Waals surface area contributed by atoms with Gasteiger partial charge in [-0.05, 0) is 32.1 Å². The van der Waals surface area contributed by atoms with Crippen molar-refractivity contribution < 1.29 is 24.5 Å². The number of esters is 1. The van der Waals surface area contributed by atoms with Crippen molar-refractivity contribution in [2.24, 2.45) is 0 Å². The molecule has 1 amide bonds. The molecule has 6 nitrogen and oxygen atoms in total. The number of hydrogen-bond donors (Lipinski definition) is 3. The Morgan fingerprint density at radius 2 is 0.529 bits per heavy atom. The lowest BCUT2D eigenvalue weighted by Crippen LogP contribution is -2.45. The van der Waals surface area contributed by atoms with Crippen molar-refractivity contribution in [3.8, 4) is 0 Å². The Bertz CT molecular complexity index is 1320. The molecule has 0 bridgehead atoms. The molecule has 0 aliphatic heterocycles. The number of carbonyl (C=O) groups is 2. The maximum atomic E-state index is 12.5. The predicted molar refractivity (Wildman–Crippen MR) is 384 cm³/mol. The van der Waals surface area contributed by atoms with Gasteiger partial charge in [-0.15, -0.1) is 0 Å². The number of aliphatic hydroxyl groups is 2. The zero-order chi connectivity index (χ0) is 62.8. The molecule has 0 rings (SSSR count). The number of rotatable bonds is 77. The van der Waals surface area contributed by atoms with E-state index in [0.29, 0.717) is 19.4 Å². The van der Waals surface area contributed by atoms with Gasteiger partial charge < -0.3 is 20.3 Å². The molecule has 518 valence electrons. The smallest absolute Gasteiger partial charge is 0.305 e. The van der Waals surface area contributed by atoms with Crippen LogP contribution >= 0.6 is 0 Å². The van der Waals surface area contributed by atoms with Crippen LogP contribution in [0.15, 0.2) is 12.2 Å². The average molecular weight is 1230 g/mol. The van der Waals surface area contributed by atoms with E-state index in [1.165, 1.54) is 405 Å². The number of unbranched alkanes of at least 4 members (excludes halogenated alkanes) is 66. The van der Waals surface area contributed by atoms with Gasteiger partial charge >= 0.3 is 5.97 Å². The molecule has 87 heavy (non-hydrogen) atoms. The van der Waals surface area contributed by atoms with E-state index in [1.54, 1.807) is 6.08 Å². The van der Waals surface area contributed by atoms with Crippen molar-refractivity contribution >= 4 is 11.9 Å².